The van der Waals surface area contributed by atoms with Crippen LogP contribution >= 0.6 is 0 Å². The molecule has 4 rings (SSSR count). The monoisotopic (exact) mass is 363 g/mol. The van der Waals surface area contributed by atoms with Crippen LogP contribution < -0.4 is 4.74 Å². The van der Waals surface area contributed by atoms with Crippen LogP contribution in [0, 0.1) is 6.92 Å². The Hall–Kier alpha value is -2.69. The maximum Gasteiger partial charge on any atom is 0.215 e. The topological polar surface area (TPSA) is 57.0 Å². The molecule has 1 aliphatic rings. The van der Waals surface area contributed by atoms with Gasteiger partial charge in [-0.05, 0) is 36.8 Å². The number of hydrogen-bond acceptors (Lipinski definition) is 4. The molecule has 1 saturated carbocycles. The molecule has 0 N–H and O–H groups in total. The molecule has 1 aromatic carbocycles. The molecule has 0 unspecified atom stereocenters. The minimum atomic E-state index is 0.0441. The molecule has 0 spiro atoms. The van der Waals surface area contributed by atoms with Gasteiger partial charge in [-0.15, -0.1) is 0 Å². The first kappa shape index (κ1) is 17.7. The normalized spacial score (nSPS) is 15.1. The van der Waals surface area contributed by atoms with Gasteiger partial charge < -0.3 is 4.74 Å². The van der Waals surface area contributed by atoms with E-state index >= 15 is 0 Å². The van der Waals surface area contributed by atoms with Crippen molar-refractivity contribution in [3.63, 3.8) is 0 Å². The van der Waals surface area contributed by atoms with Gasteiger partial charge in [0.15, 0.2) is 11.4 Å². The predicted octanol–water partition coefficient (Wildman–Crippen LogP) is 4.30. The van der Waals surface area contributed by atoms with Crippen LogP contribution in [0.25, 0.3) is 11.0 Å². The standard InChI is InChI=1S/C22H25N3O2/c1-14(16-7-5-4-6-8-16)11-18(26)13-27-19-12-15(2)20-21(17-9-10-17)24-25(3)22(20)23-19/h4-8,12,14,17H,9-11,13H2,1-3H3/t14-/m1/s1. The highest BCUT2D eigenvalue weighted by molar-refractivity contribution is 5.84. The molecule has 1 aliphatic carbocycles. The molecule has 3 aromatic rings. The van der Waals surface area contributed by atoms with Gasteiger partial charge in [-0.1, -0.05) is 37.3 Å². The van der Waals surface area contributed by atoms with Gasteiger partial charge in [0.25, 0.3) is 0 Å². The van der Waals surface area contributed by atoms with E-state index in [9.17, 15) is 4.79 Å². The van der Waals surface area contributed by atoms with Crippen molar-refractivity contribution in [2.24, 2.45) is 7.05 Å². The summed E-state index contributed by atoms with van der Waals surface area (Å²) in [5.74, 6) is 1.32. The van der Waals surface area contributed by atoms with Crippen LogP contribution in [0.2, 0.25) is 0 Å². The maximum atomic E-state index is 12.3. The Balaban J connectivity index is 1.44. The largest absolute Gasteiger partial charge is 0.470 e. The lowest BCUT2D eigenvalue weighted by Crippen LogP contribution is -2.14. The number of rotatable bonds is 7. The zero-order valence-electron chi connectivity index (χ0n) is 16.1. The van der Waals surface area contributed by atoms with Crippen molar-refractivity contribution in [2.75, 3.05) is 6.61 Å². The molecule has 0 amide bonds. The number of pyridine rings is 1. The van der Waals surface area contributed by atoms with E-state index in [1.807, 2.05) is 36.0 Å². The molecular weight excluding hydrogens is 338 g/mol. The Morgan fingerprint density at radius 3 is 2.74 bits per heavy atom. The van der Waals surface area contributed by atoms with Crippen molar-refractivity contribution in [3.8, 4) is 5.88 Å². The van der Waals surface area contributed by atoms with Crippen LogP contribution in [-0.4, -0.2) is 27.2 Å². The summed E-state index contributed by atoms with van der Waals surface area (Å²) in [6, 6.07) is 12.0. The van der Waals surface area contributed by atoms with Gasteiger partial charge in [0.2, 0.25) is 5.88 Å². The van der Waals surface area contributed by atoms with Gasteiger partial charge in [0.1, 0.15) is 6.61 Å². The maximum absolute atomic E-state index is 12.3. The molecule has 140 valence electrons. The van der Waals surface area contributed by atoms with Crippen molar-refractivity contribution in [1.82, 2.24) is 14.8 Å². The van der Waals surface area contributed by atoms with E-state index in [2.05, 4.69) is 36.1 Å². The van der Waals surface area contributed by atoms with Crippen molar-refractivity contribution in [3.05, 3.63) is 53.2 Å². The third kappa shape index (κ3) is 3.72. The molecule has 27 heavy (non-hydrogen) atoms. The minimum Gasteiger partial charge on any atom is -0.470 e. The van der Waals surface area contributed by atoms with Crippen LogP contribution in [-0.2, 0) is 11.8 Å². The summed E-state index contributed by atoms with van der Waals surface area (Å²) in [6.07, 6.45) is 2.87. The zero-order chi connectivity index (χ0) is 19.0. The summed E-state index contributed by atoms with van der Waals surface area (Å²) in [7, 11) is 1.91. The lowest BCUT2D eigenvalue weighted by Gasteiger charge is -2.11. The lowest BCUT2D eigenvalue weighted by molar-refractivity contribution is -0.121. The number of aryl methyl sites for hydroxylation is 2. The van der Waals surface area contributed by atoms with E-state index in [1.54, 1.807) is 0 Å². The van der Waals surface area contributed by atoms with Gasteiger partial charge in [0, 0.05) is 30.8 Å². The SMILES string of the molecule is Cc1cc(OCC(=O)C[C@@H](C)c2ccccc2)nc2c1c(C1CC1)nn2C. The van der Waals surface area contributed by atoms with Gasteiger partial charge in [0.05, 0.1) is 5.69 Å². The van der Waals surface area contributed by atoms with Crippen LogP contribution in [0.4, 0.5) is 0 Å². The fraction of sp³-hybridized carbons (Fsp3) is 0.409. The smallest absolute Gasteiger partial charge is 0.215 e. The number of carbonyl (C=O) groups excluding carboxylic acids is 1. The molecule has 0 aliphatic heterocycles. The van der Waals surface area contributed by atoms with Crippen molar-refractivity contribution < 1.29 is 9.53 Å². The Morgan fingerprint density at radius 2 is 2.04 bits per heavy atom. The predicted molar refractivity (Wildman–Crippen MR) is 105 cm³/mol. The molecule has 1 fully saturated rings. The van der Waals surface area contributed by atoms with Crippen LogP contribution in [0.15, 0.2) is 36.4 Å². The molecule has 2 heterocycles. The third-order valence-electron chi connectivity index (χ3n) is 5.24. The number of Topliss-reactive ketones (excluding diaryl/α,β-unsaturated/α-hetero) is 1. The fourth-order valence-corrected chi connectivity index (χ4v) is 3.61. The van der Waals surface area contributed by atoms with Gasteiger partial charge in [-0.2, -0.15) is 10.1 Å². The number of nitrogens with zero attached hydrogens (tertiary/aromatic N) is 3. The molecule has 0 bridgehead atoms. The average molecular weight is 363 g/mol. The number of hydrogen-bond donors (Lipinski definition) is 0. The summed E-state index contributed by atoms with van der Waals surface area (Å²) < 4.78 is 7.55. The number of ether oxygens (including phenoxy) is 1. The Bertz CT molecular complexity index is 974. The summed E-state index contributed by atoms with van der Waals surface area (Å²) in [4.78, 5) is 16.9. The zero-order valence-corrected chi connectivity index (χ0v) is 16.1. The molecule has 0 saturated heterocycles. The Kier molecular flexibility index (Phi) is 4.68. The van der Waals surface area contributed by atoms with Crippen molar-refractivity contribution in [2.45, 2.75) is 44.9 Å². The first-order valence-electron chi connectivity index (χ1n) is 9.56. The summed E-state index contributed by atoms with van der Waals surface area (Å²) in [6.45, 7) is 4.17. The van der Waals surface area contributed by atoms with Crippen LogP contribution in [0.5, 0.6) is 5.88 Å². The highest BCUT2D eigenvalue weighted by Gasteiger charge is 2.30. The second-order valence-corrected chi connectivity index (χ2v) is 7.60. The molecular formula is C22H25N3O2. The lowest BCUT2D eigenvalue weighted by atomic mass is 9.96. The molecule has 5 heteroatoms. The second-order valence-electron chi connectivity index (χ2n) is 7.60. The van der Waals surface area contributed by atoms with E-state index in [-0.39, 0.29) is 18.3 Å². The number of benzene rings is 1. The summed E-state index contributed by atoms with van der Waals surface area (Å²) >= 11 is 0. The van der Waals surface area contributed by atoms with E-state index in [0.29, 0.717) is 18.2 Å². The molecule has 0 radical (unpaired) electrons. The Morgan fingerprint density at radius 1 is 1.30 bits per heavy atom. The average Bonchev–Trinajstić information content (AvgIpc) is 3.45. The first-order chi connectivity index (χ1) is 13.0. The molecule has 1 atom stereocenters. The quantitative estimate of drug-likeness (QED) is 0.628. The number of fused-ring (bicyclic) bond motifs is 1. The highest BCUT2D eigenvalue weighted by atomic mass is 16.5. The van der Waals surface area contributed by atoms with E-state index in [4.69, 9.17) is 4.74 Å². The number of ketones is 1. The molecule has 5 nitrogen and oxygen atoms in total. The number of carbonyl (C=O) groups is 1. The van der Waals surface area contributed by atoms with Gasteiger partial charge in [-0.3, -0.25) is 9.48 Å². The van der Waals surface area contributed by atoms with Crippen molar-refractivity contribution in [1.29, 1.82) is 0 Å². The van der Waals surface area contributed by atoms with Gasteiger partial charge in [-0.25, -0.2) is 0 Å². The summed E-state index contributed by atoms with van der Waals surface area (Å²) in [5, 5.41) is 5.79. The van der Waals surface area contributed by atoms with Gasteiger partial charge >= 0.3 is 0 Å². The first-order valence-corrected chi connectivity index (χ1v) is 9.56. The van der Waals surface area contributed by atoms with E-state index < -0.39 is 0 Å². The van der Waals surface area contributed by atoms with E-state index in [1.165, 1.54) is 18.4 Å². The minimum absolute atomic E-state index is 0.0441. The Labute approximate surface area is 159 Å². The second kappa shape index (κ2) is 7.14. The fourth-order valence-electron chi connectivity index (χ4n) is 3.61. The summed E-state index contributed by atoms with van der Waals surface area (Å²) in [5.41, 5.74) is 4.26. The third-order valence-corrected chi connectivity index (χ3v) is 5.24. The van der Waals surface area contributed by atoms with Crippen LogP contribution in [0.3, 0.4) is 0 Å². The highest BCUT2D eigenvalue weighted by Crippen LogP contribution is 2.43. The number of aromatic nitrogens is 3. The molecule has 2 aromatic heterocycles. The van der Waals surface area contributed by atoms with Crippen LogP contribution in [0.1, 0.15) is 54.8 Å². The van der Waals surface area contributed by atoms with Crippen molar-refractivity contribution >= 4 is 16.8 Å². The van der Waals surface area contributed by atoms with E-state index in [0.717, 1.165) is 22.3 Å².